The number of aryl methyl sites for hydroxylation is 2. The van der Waals surface area contributed by atoms with Gasteiger partial charge in [-0.15, -0.1) is 0 Å². The summed E-state index contributed by atoms with van der Waals surface area (Å²) in [4.78, 5) is 0. The number of nitriles is 1. The van der Waals surface area contributed by atoms with Crippen LogP contribution in [0.3, 0.4) is 0 Å². The number of benzene rings is 1. The molecule has 0 unspecified atom stereocenters. The van der Waals surface area contributed by atoms with Crippen molar-refractivity contribution in [3.63, 3.8) is 0 Å². The highest BCUT2D eigenvalue weighted by atomic mass is 35.5. The van der Waals surface area contributed by atoms with Gasteiger partial charge >= 0.3 is 0 Å². The zero-order valence-electron chi connectivity index (χ0n) is 10.1. The van der Waals surface area contributed by atoms with E-state index >= 15 is 0 Å². The summed E-state index contributed by atoms with van der Waals surface area (Å²) >= 11 is 6.28. The lowest BCUT2D eigenvalue weighted by Gasteiger charge is -2.06. The van der Waals surface area contributed by atoms with Gasteiger partial charge < -0.3 is 4.57 Å². The summed E-state index contributed by atoms with van der Waals surface area (Å²) in [6.07, 6.45) is 2.19. The predicted octanol–water partition coefficient (Wildman–Crippen LogP) is 4.27. The monoisotopic (exact) mass is 246 g/mol. The molecule has 88 valence electrons. The average Bonchev–Trinajstić information content (AvgIpc) is 2.58. The number of aromatic nitrogens is 1. The van der Waals surface area contributed by atoms with Gasteiger partial charge in [-0.1, -0.05) is 37.1 Å². The summed E-state index contributed by atoms with van der Waals surface area (Å²) in [6.45, 7) is 5.07. The Morgan fingerprint density at radius 3 is 2.82 bits per heavy atom. The number of halogens is 1. The van der Waals surface area contributed by atoms with Gasteiger partial charge in [-0.25, -0.2) is 0 Å². The zero-order chi connectivity index (χ0) is 12.4. The zero-order valence-corrected chi connectivity index (χ0v) is 10.9. The smallest absolute Gasteiger partial charge is 0.128 e. The molecule has 2 nitrogen and oxygen atoms in total. The first-order chi connectivity index (χ1) is 8.19. The van der Waals surface area contributed by atoms with Crippen LogP contribution in [0, 0.1) is 18.3 Å². The molecular formula is C14H15ClN2. The van der Waals surface area contributed by atoms with Crippen molar-refractivity contribution in [2.75, 3.05) is 0 Å². The molecule has 0 radical (unpaired) electrons. The molecule has 0 aliphatic rings. The highest BCUT2D eigenvalue weighted by Gasteiger charge is 2.14. The normalized spacial score (nSPS) is 10.7. The summed E-state index contributed by atoms with van der Waals surface area (Å²) in [5.74, 6) is 0. The minimum atomic E-state index is 0.571. The number of hydrogen-bond donors (Lipinski definition) is 0. The Morgan fingerprint density at radius 2 is 2.18 bits per heavy atom. The minimum Gasteiger partial charge on any atom is -0.330 e. The van der Waals surface area contributed by atoms with Crippen molar-refractivity contribution in [2.24, 2.45) is 0 Å². The average molecular weight is 247 g/mol. The molecule has 0 amide bonds. The third-order valence-corrected chi connectivity index (χ3v) is 3.40. The van der Waals surface area contributed by atoms with Crippen LogP contribution in [0.1, 0.15) is 30.9 Å². The van der Waals surface area contributed by atoms with Crippen LogP contribution in [0.4, 0.5) is 0 Å². The van der Waals surface area contributed by atoms with Gasteiger partial charge in [-0.05, 0) is 25.0 Å². The molecular weight excluding hydrogens is 232 g/mol. The Balaban J connectivity index is 2.68. The largest absolute Gasteiger partial charge is 0.330 e. The standard InChI is InChI=1S/C14H15ClN2/c1-3-4-7-17-13-8-10(2)5-6-11(13)12(9-16)14(17)15/h5-6,8H,3-4,7H2,1-2H3. The first-order valence-corrected chi connectivity index (χ1v) is 6.25. The van der Waals surface area contributed by atoms with Crippen LogP contribution in [0.25, 0.3) is 10.9 Å². The molecule has 0 spiro atoms. The van der Waals surface area contributed by atoms with Crippen LogP contribution < -0.4 is 0 Å². The number of nitrogens with zero attached hydrogens (tertiary/aromatic N) is 2. The molecule has 0 atom stereocenters. The van der Waals surface area contributed by atoms with Crippen molar-refractivity contribution in [2.45, 2.75) is 33.2 Å². The number of rotatable bonds is 3. The highest BCUT2D eigenvalue weighted by molar-refractivity contribution is 6.32. The molecule has 0 aliphatic carbocycles. The van der Waals surface area contributed by atoms with Crippen LogP contribution in [0.15, 0.2) is 18.2 Å². The lowest BCUT2D eigenvalue weighted by atomic mass is 10.1. The molecule has 17 heavy (non-hydrogen) atoms. The van der Waals surface area contributed by atoms with E-state index in [1.807, 2.05) is 16.7 Å². The Hall–Kier alpha value is -1.46. The maximum atomic E-state index is 9.18. The van der Waals surface area contributed by atoms with Crippen LogP contribution in [0.5, 0.6) is 0 Å². The molecule has 0 aliphatic heterocycles. The van der Waals surface area contributed by atoms with Crippen molar-refractivity contribution in [1.82, 2.24) is 4.57 Å². The van der Waals surface area contributed by atoms with Gasteiger partial charge in [0, 0.05) is 11.9 Å². The van der Waals surface area contributed by atoms with Gasteiger partial charge in [0.25, 0.3) is 0 Å². The lowest BCUT2D eigenvalue weighted by molar-refractivity contribution is 0.650. The predicted molar refractivity (Wildman–Crippen MR) is 71.3 cm³/mol. The molecule has 1 aromatic heterocycles. The van der Waals surface area contributed by atoms with Crippen LogP contribution >= 0.6 is 11.6 Å². The fraction of sp³-hybridized carbons (Fsp3) is 0.357. The van der Waals surface area contributed by atoms with Crippen LogP contribution in [0.2, 0.25) is 5.15 Å². The third kappa shape index (κ3) is 2.03. The molecule has 0 saturated heterocycles. The number of unbranched alkanes of at least 4 members (excludes halogenated alkanes) is 1. The number of hydrogen-bond acceptors (Lipinski definition) is 1. The van der Waals surface area contributed by atoms with Gasteiger partial charge in [0.05, 0.1) is 11.1 Å². The summed E-state index contributed by atoms with van der Waals surface area (Å²) < 4.78 is 2.05. The molecule has 0 saturated carbocycles. The molecule has 2 aromatic rings. The van der Waals surface area contributed by atoms with E-state index in [-0.39, 0.29) is 0 Å². The van der Waals surface area contributed by atoms with E-state index in [0.29, 0.717) is 10.7 Å². The van der Waals surface area contributed by atoms with Crippen LogP contribution in [-0.4, -0.2) is 4.57 Å². The fourth-order valence-corrected chi connectivity index (χ4v) is 2.39. The van der Waals surface area contributed by atoms with Gasteiger partial charge in [0.2, 0.25) is 0 Å². The summed E-state index contributed by atoms with van der Waals surface area (Å²) in [7, 11) is 0. The van der Waals surface area contributed by atoms with Crippen molar-refractivity contribution >= 4 is 22.5 Å². The Bertz CT molecular complexity index is 590. The van der Waals surface area contributed by atoms with E-state index < -0.39 is 0 Å². The molecule has 0 N–H and O–H groups in total. The molecule has 0 fully saturated rings. The van der Waals surface area contributed by atoms with E-state index in [0.717, 1.165) is 30.3 Å². The quantitative estimate of drug-likeness (QED) is 0.795. The lowest BCUT2D eigenvalue weighted by Crippen LogP contribution is -1.97. The molecule has 0 bridgehead atoms. The highest BCUT2D eigenvalue weighted by Crippen LogP contribution is 2.30. The van der Waals surface area contributed by atoms with Gasteiger partial charge in [-0.3, -0.25) is 0 Å². The number of fused-ring (bicyclic) bond motifs is 1. The summed E-state index contributed by atoms with van der Waals surface area (Å²) in [5.41, 5.74) is 2.85. The van der Waals surface area contributed by atoms with E-state index in [1.165, 1.54) is 5.56 Å². The summed E-state index contributed by atoms with van der Waals surface area (Å²) in [6, 6.07) is 8.30. The first-order valence-electron chi connectivity index (χ1n) is 5.87. The van der Waals surface area contributed by atoms with E-state index in [4.69, 9.17) is 11.6 Å². The van der Waals surface area contributed by atoms with Crippen molar-refractivity contribution in [3.8, 4) is 6.07 Å². The maximum absolute atomic E-state index is 9.18. The second-order valence-corrected chi connectivity index (χ2v) is 4.66. The third-order valence-electron chi connectivity index (χ3n) is 3.00. The maximum Gasteiger partial charge on any atom is 0.128 e. The van der Waals surface area contributed by atoms with E-state index in [2.05, 4.69) is 26.0 Å². The second kappa shape index (κ2) is 4.81. The molecule has 1 heterocycles. The van der Waals surface area contributed by atoms with Gasteiger partial charge in [0.1, 0.15) is 11.2 Å². The molecule has 1 aromatic carbocycles. The Kier molecular flexibility index (Phi) is 3.40. The van der Waals surface area contributed by atoms with Crippen molar-refractivity contribution in [1.29, 1.82) is 5.26 Å². The fourth-order valence-electron chi connectivity index (χ4n) is 2.07. The minimum absolute atomic E-state index is 0.571. The van der Waals surface area contributed by atoms with Crippen LogP contribution in [-0.2, 0) is 6.54 Å². The molecule has 2 rings (SSSR count). The van der Waals surface area contributed by atoms with Gasteiger partial charge in [0.15, 0.2) is 0 Å². The van der Waals surface area contributed by atoms with E-state index in [9.17, 15) is 5.26 Å². The van der Waals surface area contributed by atoms with Crippen molar-refractivity contribution < 1.29 is 0 Å². The SMILES string of the molecule is CCCCn1c(Cl)c(C#N)c2ccc(C)cc21. The van der Waals surface area contributed by atoms with Gasteiger partial charge in [-0.2, -0.15) is 5.26 Å². The summed E-state index contributed by atoms with van der Waals surface area (Å²) in [5, 5.41) is 10.7. The topological polar surface area (TPSA) is 28.7 Å². The first kappa shape index (κ1) is 12.0. The Labute approximate surface area is 106 Å². The Morgan fingerprint density at radius 1 is 1.41 bits per heavy atom. The second-order valence-electron chi connectivity index (χ2n) is 4.30. The molecule has 3 heteroatoms. The van der Waals surface area contributed by atoms with E-state index in [1.54, 1.807) is 0 Å². The van der Waals surface area contributed by atoms with Crippen molar-refractivity contribution in [3.05, 3.63) is 34.5 Å².